The number of sulfonamides is 1. The van der Waals surface area contributed by atoms with Crippen LogP contribution in [-0.4, -0.2) is 19.4 Å². The molecule has 0 fully saturated rings. The average molecular weight is 396 g/mol. The second-order valence-corrected chi connectivity index (χ2v) is 10.4. The van der Waals surface area contributed by atoms with E-state index in [4.69, 9.17) is 0 Å². The van der Waals surface area contributed by atoms with Gasteiger partial charge in [-0.15, -0.1) is 11.3 Å². The van der Waals surface area contributed by atoms with Crippen molar-refractivity contribution < 1.29 is 8.42 Å². The predicted octanol–water partition coefficient (Wildman–Crippen LogP) is 3.56. The summed E-state index contributed by atoms with van der Waals surface area (Å²) in [6.07, 6.45) is 0. The highest BCUT2D eigenvalue weighted by Crippen LogP contribution is 2.25. The van der Waals surface area contributed by atoms with Crippen molar-refractivity contribution in [1.29, 1.82) is 0 Å². The monoisotopic (exact) mass is 395 g/mol. The van der Waals surface area contributed by atoms with Crippen molar-refractivity contribution in [2.75, 3.05) is 0 Å². The van der Waals surface area contributed by atoms with Crippen LogP contribution in [0.4, 0.5) is 0 Å². The molecule has 0 saturated carbocycles. The third kappa shape index (κ3) is 6.46. The molecule has 1 heterocycles. The number of benzene rings is 1. The summed E-state index contributed by atoms with van der Waals surface area (Å²) in [6, 6.07) is 7.54. The maximum atomic E-state index is 12.2. The molecular formula is C19H29N3O2S2. The molecule has 0 amide bonds. The standard InChI is InChI=1S/C19H29N3O2S2/c1-14(2)22-26(23,24)13-16-9-7-6-8-15(16)10-20-11-17-12-25-18(21-17)19(3,4)5/h6-9,12,14,20,22H,10-11,13H2,1-5H3. The lowest BCUT2D eigenvalue weighted by Crippen LogP contribution is -2.31. The summed E-state index contributed by atoms with van der Waals surface area (Å²) < 4.78 is 27.1. The first-order valence-corrected chi connectivity index (χ1v) is 11.3. The van der Waals surface area contributed by atoms with Gasteiger partial charge in [0.05, 0.1) is 16.5 Å². The van der Waals surface area contributed by atoms with Crippen LogP contribution in [-0.2, 0) is 34.3 Å². The second-order valence-electron chi connectivity index (χ2n) is 7.80. The van der Waals surface area contributed by atoms with Crippen LogP contribution in [0.1, 0.15) is 56.4 Å². The summed E-state index contributed by atoms with van der Waals surface area (Å²) in [4.78, 5) is 4.68. The van der Waals surface area contributed by atoms with Crippen LogP contribution in [0.3, 0.4) is 0 Å². The molecule has 7 heteroatoms. The lowest BCUT2D eigenvalue weighted by Gasteiger charge is -2.14. The summed E-state index contributed by atoms with van der Waals surface area (Å²) in [5.41, 5.74) is 2.90. The number of hydrogen-bond donors (Lipinski definition) is 2. The van der Waals surface area contributed by atoms with Crippen molar-refractivity contribution in [3.05, 3.63) is 51.5 Å². The molecule has 2 rings (SSSR count). The van der Waals surface area contributed by atoms with Crippen molar-refractivity contribution in [3.63, 3.8) is 0 Å². The smallest absolute Gasteiger partial charge is 0.216 e. The van der Waals surface area contributed by atoms with E-state index in [1.54, 1.807) is 11.3 Å². The molecule has 0 radical (unpaired) electrons. The highest BCUT2D eigenvalue weighted by Gasteiger charge is 2.18. The molecule has 0 spiro atoms. The Morgan fingerprint density at radius 1 is 1.12 bits per heavy atom. The zero-order chi connectivity index (χ0) is 19.4. The van der Waals surface area contributed by atoms with Crippen molar-refractivity contribution in [3.8, 4) is 0 Å². The molecule has 0 atom stereocenters. The molecule has 144 valence electrons. The van der Waals surface area contributed by atoms with Crippen LogP contribution in [0.5, 0.6) is 0 Å². The van der Waals surface area contributed by atoms with Gasteiger partial charge in [0.25, 0.3) is 0 Å². The number of aromatic nitrogens is 1. The average Bonchev–Trinajstić information content (AvgIpc) is 2.96. The van der Waals surface area contributed by atoms with E-state index in [-0.39, 0.29) is 17.2 Å². The molecule has 2 aromatic rings. The van der Waals surface area contributed by atoms with Crippen LogP contribution in [0.2, 0.25) is 0 Å². The highest BCUT2D eigenvalue weighted by molar-refractivity contribution is 7.88. The van der Waals surface area contributed by atoms with Gasteiger partial charge in [-0.1, -0.05) is 45.0 Å². The molecule has 0 unspecified atom stereocenters. The maximum absolute atomic E-state index is 12.2. The predicted molar refractivity (Wildman–Crippen MR) is 109 cm³/mol. The van der Waals surface area contributed by atoms with Crippen molar-refractivity contribution in [1.82, 2.24) is 15.0 Å². The fraction of sp³-hybridized carbons (Fsp3) is 0.526. The number of rotatable bonds is 8. The van der Waals surface area contributed by atoms with E-state index in [2.05, 4.69) is 41.2 Å². The molecule has 2 N–H and O–H groups in total. The molecule has 26 heavy (non-hydrogen) atoms. The van der Waals surface area contributed by atoms with Gasteiger partial charge in [0, 0.05) is 29.9 Å². The van der Waals surface area contributed by atoms with E-state index in [1.165, 1.54) is 0 Å². The van der Waals surface area contributed by atoms with Crippen LogP contribution in [0.15, 0.2) is 29.6 Å². The molecule has 0 aliphatic rings. The number of hydrogen-bond acceptors (Lipinski definition) is 5. The number of nitrogens with one attached hydrogen (secondary N) is 2. The van der Waals surface area contributed by atoms with Crippen LogP contribution in [0, 0.1) is 0 Å². The molecule has 0 bridgehead atoms. The quantitative estimate of drug-likeness (QED) is 0.717. The Hall–Kier alpha value is -1.28. The van der Waals surface area contributed by atoms with E-state index >= 15 is 0 Å². The summed E-state index contributed by atoms with van der Waals surface area (Å²) in [6.45, 7) is 11.4. The first-order chi connectivity index (χ1) is 12.1. The van der Waals surface area contributed by atoms with Crippen molar-refractivity contribution in [2.45, 2.75) is 64.9 Å². The Labute approximate surface area is 161 Å². The first kappa shape index (κ1) is 21.0. The zero-order valence-electron chi connectivity index (χ0n) is 16.2. The largest absolute Gasteiger partial charge is 0.307 e. The van der Waals surface area contributed by atoms with Gasteiger partial charge in [0.1, 0.15) is 0 Å². The molecule has 1 aromatic carbocycles. The maximum Gasteiger partial charge on any atom is 0.216 e. The fourth-order valence-corrected chi connectivity index (χ4v) is 4.93. The van der Waals surface area contributed by atoms with Gasteiger partial charge in [-0.2, -0.15) is 0 Å². The summed E-state index contributed by atoms with van der Waals surface area (Å²) in [5, 5.41) is 6.58. The third-order valence-corrected chi connectivity index (χ3v) is 6.53. The lowest BCUT2D eigenvalue weighted by molar-refractivity contribution is 0.568. The Bertz CT molecular complexity index is 821. The minimum atomic E-state index is -3.34. The molecule has 0 aliphatic heterocycles. The number of thiazole rings is 1. The summed E-state index contributed by atoms with van der Waals surface area (Å²) in [5.74, 6) is -0.00604. The number of nitrogens with zero attached hydrogens (tertiary/aromatic N) is 1. The summed E-state index contributed by atoms with van der Waals surface area (Å²) >= 11 is 1.68. The van der Waals surface area contributed by atoms with Gasteiger partial charge in [0.15, 0.2) is 0 Å². The highest BCUT2D eigenvalue weighted by atomic mass is 32.2. The Morgan fingerprint density at radius 2 is 1.77 bits per heavy atom. The third-order valence-electron chi connectivity index (χ3n) is 3.69. The molecule has 0 saturated heterocycles. The van der Waals surface area contributed by atoms with Crippen molar-refractivity contribution in [2.24, 2.45) is 0 Å². The normalized spacial score (nSPS) is 12.7. The topological polar surface area (TPSA) is 71.1 Å². The molecule has 0 aliphatic carbocycles. The van der Waals surface area contributed by atoms with E-state index in [1.807, 2.05) is 38.1 Å². The van der Waals surface area contributed by atoms with Gasteiger partial charge in [-0.25, -0.2) is 18.1 Å². The van der Waals surface area contributed by atoms with Crippen LogP contribution < -0.4 is 10.0 Å². The Kier molecular flexibility index (Phi) is 6.96. The van der Waals surface area contributed by atoms with E-state index < -0.39 is 10.0 Å². The van der Waals surface area contributed by atoms with Gasteiger partial charge in [-0.05, 0) is 25.0 Å². The summed E-state index contributed by atoms with van der Waals surface area (Å²) in [7, 11) is -3.34. The lowest BCUT2D eigenvalue weighted by atomic mass is 9.98. The van der Waals surface area contributed by atoms with Gasteiger partial charge in [-0.3, -0.25) is 0 Å². The van der Waals surface area contributed by atoms with E-state index in [9.17, 15) is 8.42 Å². The Balaban J connectivity index is 1.99. The van der Waals surface area contributed by atoms with Crippen LogP contribution >= 0.6 is 11.3 Å². The fourth-order valence-electron chi connectivity index (χ4n) is 2.53. The van der Waals surface area contributed by atoms with E-state index in [0.29, 0.717) is 13.1 Å². The Morgan fingerprint density at radius 3 is 2.35 bits per heavy atom. The minimum Gasteiger partial charge on any atom is -0.307 e. The molecule has 1 aromatic heterocycles. The SMILES string of the molecule is CC(C)NS(=O)(=O)Cc1ccccc1CNCc1csc(C(C)(C)C)n1. The van der Waals surface area contributed by atoms with E-state index in [0.717, 1.165) is 21.8 Å². The minimum absolute atomic E-state index is 0.00604. The van der Waals surface area contributed by atoms with Crippen molar-refractivity contribution >= 4 is 21.4 Å². The molecular weight excluding hydrogens is 366 g/mol. The zero-order valence-corrected chi connectivity index (χ0v) is 17.8. The van der Waals surface area contributed by atoms with Gasteiger partial charge < -0.3 is 5.32 Å². The second kappa shape index (κ2) is 8.61. The first-order valence-electron chi connectivity index (χ1n) is 8.79. The van der Waals surface area contributed by atoms with Gasteiger partial charge in [0.2, 0.25) is 10.0 Å². The van der Waals surface area contributed by atoms with Crippen LogP contribution in [0.25, 0.3) is 0 Å². The van der Waals surface area contributed by atoms with Gasteiger partial charge >= 0.3 is 0 Å². The molecule has 5 nitrogen and oxygen atoms in total.